The second kappa shape index (κ2) is 6.05. The van der Waals surface area contributed by atoms with Crippen molar-refractivity contribution in [2.75, 3.05) is 0 Å². The quantitative estimate of drug-likeness (QED) is 0.542. The van der Waals surface area contributed by atoms with Crippen molar-refractivity contribution < 1.29 is 0 Å². The van der Waals surface area contributed by atoms with Crippen LogP contribution < -0.4 is 0 Å². The molecule has 6 nitrogen and oxygen atoms in total. The number of aliphatic imine (C=N–C) groups is 1. The molecule has 0 spiro atoms. The highest BCUT2D eigenvalue weighted by Gasteiger charge is 2.08. The Morgan fingerprint density at radius 3 is 2.70 bits per heavy atom. The lowest BCUT2D eigenvalue weighted by molar-refractivity contribution is 0.662. The number of para-hydroxylation sites is 1. The molecule has 0 saturated heterocycles. The highest BCUT2D eigenvalue weighted by atomic mass is 32.1. The topological polar surface area (TPSA) is 68.8 Å². The average molecular weight is 320 g/mol. The zero-order valence-electron chi connectivity index (χ0n) is 12.1. The lowest BCUT2D eigenvalue weighted by atomic mass is 10.2. The number of fused-ring (bicyclic) bond motifs is 1. The van der Waals surface area contributed by atoms with E-state index in [0.717, 1.165) is 21.6 Å². The van der Waals surface area contributed by atoms with Crippen LogP contribution in [0.4, 0.5) is 5.13 Å². The molecule has 0 fully saturated rings. The number of benzene rings is 2. The summed E-state index contributed by atoms with van der Waals surface area (Å²) in [7, 11) is 0. The normalized spacial score (nSPS) is 11.5. The van der Waals surface area contributed by atoms with E-state index in [4.69, 9.17) is 0 Å². The van der Waals surface area contributed by atoms with Crippen molar-refractivity contribution in [3.63, 3.8) is 0 Å². The largest absolute Gasteiger partial charge is 0.238 e. The minimum Gasteiger partial charge on any atom is -0.238 e. The van der Waals surface area contributed by atoms with Crippen molar-refractivity contribution in [3.8, 4) is 0 Å². The molecule has 0 unspecified atom stereocenters. The first-order valence-electron chi connectivity index (χ1n) is 7.08. The first-order valence-corrected chi connectivity index (χ1v) is 7.90. The standard InChI is InChI=1S/C16H12N6S/c1-2-6-12(7-3-1)10-17-16-20-19-15(23-16)11-22-14-9-5-4-8-13(14)18-21-22/h1-10H,11H2/b17-10+. The first-order chi connectivity index (χ1) is 11.4. The summed E-state index contributed by atoms with van der Waals surface area (Å²) < 4.78 is 1.82. The molecule has 112 valence electrons. The van der Waals surface area contributed by atoms with Gasteiger partial charge in [0.1, 0.15) is 10.5 Å². The van der Waals surface area contributed by atoms with E-state index in [1.165, 1.54) is 11.3 Å². The predicted molar refractivity (Wildman–Crippen MR) is 90.2 cm³/mol. The van der Waals surface area contributed by atoms with Crippen molar-refractivity contribution in [3.05, 3.63) is 65.2 Å². The van der Waals surface area contributed by atoms with Crippen LogP contribution in [0.2, 0.25) is 0 Å². The highest BCUT2D eigenvalue weighted by molar-refractivity contribution is 7.14. The van der Waals surface area contributed by atoms with Crippen molar-refractivity contribution in [1.82, 2.24) is 25.2 Å². The number of aromatic nitrogens is 5. The smallest absolute Gasteiger partial charge is 0.231 e. The summed E-state index contributed by atoms with van der Waals surface area (Å²) in [6, 6.07) is 17.8. The van der Waals surface area contributed by atoms with Gasteiger partial charge in [0.15, 0.2) is 0 Å². The summed E-state index contributed by atoms with van der Waals surface area (Å²) >= 11 is 1.45. The van der Waals surface area contributed by atoms with Gasteiger partial charge in [0, 0.05) is 6.21 Å². The molecule has 0 radical (unpaired) electrons. The molecule has 0 aliphatic rings. The molecule has 0 bridgehead atoms. The van der Waals surface area contributed by atoms with Crippen molar-refractivity contribution in [2.45, 2.75) is 6.54 Å². The number of nitrogens with zero attached hydrogens (tertiary/aromatic N) is 6. The maximum Gasteiger partial charge on any atom is 0.231 e. The summed E-state index contributed by atoms with van der Waals surface area (Å²) in [5, 5.41) is 18.1. The Bertz CT molecular complexity index is 957. The molecule has 0 aliphatic heterocycles. The van der Waals surface area contributed by atoms with Crippen LogP contribution in [0.3, 0.4) is 0 Å². The van der Waals surface area contributed by atoms with E-state index in [9.17, 15) is 0 Å². The van der Waals surface area contributed by atoms with Crippen LogP contribution in [0.1, 0.15) is 10.6 Å². The molecule has 2 aromatic carbocycles. The van der Waals surface area contributed by atoms with E-state index in [2.05, 4.69) is 25.5 Å². The zero-order chi connectivity index (χ0) is 15.5. The Kier molecular flexibility index (Phi) is 3.61. The van der Waals surface area contributed by atoms with Crippen LogP contribution in [0, 0.1) is 0 Å². The average Bonchev–Trinajstić information content (AvgIpc) is 3.22. The summed E-state index contributed by atoms with van der Waals surface area (Å²) in [5.41, 5.74) is 2.89. The van der Waals surface area contributed by atoms with E-state index < -0.39 is 0 Å². The van der Waals surface area contributed by atoms with Gasteiger partial charge in [-0.25, -0.2) is 9.67 Å². The number of hydrogen-bond acceptors (Lipinski definition) is 6. The zero-order valence-corrected chi connectivity index (χ0v) is 12.9. The predicted octanol–water partition coefficient (Wildman–Crippen LogP) is 3.08. The molecular formula is C16H12N6S. The van der Waals surface area contributed by atoms with E-state index in [0.29, 0.717) is 11.7 Å². The van der Waals surface area contributed by atoms with Gasteiger partial charge in [-0.2, -0.15) is 0 Å². The molecule has 2 aromatic heterocycles. The minimum absolute atomic E-state index is 0.541. The van der Waals surface area contributed by atoms with Crippen molar-refractivity contribution in [1.29, 1.82) is 0 Å². The molecule has 0 aliphatic carbocycles. The van der Waals surface area contributed by atoms with Gasteiger partial charge in [-0.1, -0.05) is 59.0 Å². The second-order valence-corrected chi connectivity index (χ2v) is 5.92. The van der Waals surface area contributed by atoms with Gasteiger partial charge in [-0.15, -0.1) is 15.3 Å². The Hall–Kier alpha value is -2.93. The van der Waals surface area contributed by atoms with Crippen molar-refractivity contribution >= 4 is 33.7 Å². The molecule has 0 N–H and O–H groups in total. The van der Waals surface area contributed by atoms with Crippen LogP contribution in [0.5, 0.6) is 0 Å². The number of hydrogen-bond donors (Lipinski definition) is 0. The van der Waals surface area contributed by atoms with Gasteiger partial charge in [0.05, 0.1) is 12.1 Å². The molecule has 4 aromatic rings. The van der Waals surface area contributed by atoms with E-state index in [1.807, 2.05) is 59.3 Å². The van der Waals surface area contributed by atoms with Gasteiger partial charge >= 0.3 is 0 Å². The monoisotopic (exact) mass is 320 g/mol. The van der Waals surface area contributed by atoms with E-state index in [-0.39, 0.29) is 0 Å². The molecule has 4 rings (SSSR count). The Morgan fingerprint density at radius 2 is 1.78 bits per heavy atom. The molecule has 0 amide bonds. The maximum atomic E-state index is 4.36. The fraction of sp³-hybridized carbons (Fsp3) is 0.0625. The molecule has 7 heteroatoms. The highest BCUT2D eigenvalue weighted by Crippen LogP contribution is 2.20. The van der Waals surface area contributed by atoms with E-state index in [1.54, 1.807) is 6.21 Å². The van der Waals surface area contributed by atoms with Crippen LogP contribution in [-0.2, 0) is 6.54 Å². The third-order valence-corrected chi connectivity index (χ3v) is 4.10. The van der Waals surface area contributed by atoms with Gasteiger partial charge < -0.3 is 0 Å². The fourth-order valence-corrected chi connectivity index (χ4v) is 2.86. The summed E-state index contributed by atoms with van der Waals surface area (Å²) in [6.07, 6.45) is 1.79. The van der Waals surface area contributed by atoms with Crippen LogP contribution >= 0.6 is 11.3 Å². The van der Waals surface area contributed by atoms with E-state index >= 15 is 0 Å². The van der Waals surface area contributed by atoms with Crippen LogP contribution in [0.25, 0.3) is 11.0 Å². The molecular weight excluding hydrogens is 308 g/mol. The number of rotatable bonds is 4. The summed E-state index contributed by atoms with van der Waals surface area (Å²) in [4.78, 5) is 4.36. The lowest BCUT2D eigenvalue weighted by Crippen LogP contribution is -2.01. The fourth-order valence-electron chi connectivity index (χ4n) is 2.19. The van der Waals surface area contributed by atoms with Gasteiger partial charge in [-0.05, 0) is 17.7 Å². The Morgan fingerprint density at radius 1 is 0.957 bits per heavy atom. The van der Waals surface area contributed by atoms with Gasteiger partial charge in [0.25, 0.3) is 0 Å². The maximum absolute atomic E-state index is 4.36. The first kappa shape index (κ1) is 13.7. The minimum atomic E-state index is 0.541. The Balaban J connectivity index is 1.53. The lowest BCUT2D eigenvalue weighted by Gasteiger charge is -1.96. The second-order valence-electron chi connectivity index (χ2n) is 4.88. The SMILES string of the molecule is C(=N\c1nnc(Cn2nnc3ccccc32)s1)/c1ccccc1. The van der Waals surface area contributed by atoms with Crippen molar-refractivity contribution in [2.24, 2.45) is 4.99 Å². The molecule has 0 atom stereocenters. The molecule has 23 heavy (non-hydrogen) atoms. The summed E-state index contributed by atoms with van der Waals surface area (Å²) in [6.45, 7) is 0.541. The van der Waals surface area contributed by atoms with Gasteiger partial charge in [0.2, 0.25) is 5.13 Å². The van der Waals surface area contributed by atoms with Crippen LogP contribution in [0.15, 0.2) is 59.6 Å². The summed E-state index contributed by atoms with van der Waals surface area (Å²) in [5.74, 6) is 0. The molecule has 2 heterocycles. The van der Waals surface area contributed by atoms with Gasteiger partial charge in [-0.3, -0.25) is 0 Å². The Labute approximate surface area is 136 Å². The third-order valence-electron chi connectivity index (χ3n) is 3.29. The van der Waals surface area contributed by atoms with Crippen LogP contribution in [-0.4, -0.2) is 31.4 Å². The molecule has 0 saturated carbocycles. The third kappa shape index (κ3) is 3.00.